The minimum absolute atomic E-state index is 0.0217. The zero-order valence-electron chi connectivity index (χ0n) is 15.7. The fraction of sp³-hybridized carbons (Fsp3) is 0.364. The number of aliphatic carboxylic acids is 1. The average molecular weight is 367 g/mol. The van der Waals surface area contributed by atoms with Crippen molar-refractivity contribution in [2.24, 2.45) is 0 Å². The summed E-state index contributed by atoms with van der Waals surface area (Å²) in [5.41, 5.74) is 4.25. The maximum atomic E-state index is 12.9. The molecule has 0 fully saturated rings. The minimum atomic E-state index is -0.858. The van der Waals surface area contributed by atoms with Gasteiger partial charge in [0.1, 0.15) is 18.3 Å². The Kier molecular flexibility index (Phi) is 5.79. The van der Waals surface area contributed by atoms with E-state index in [1.165, 1.54) is 0 Å². The number of nitrogens with one attached hydrogen (secondary N) is 1. The standard InChI is InChI=1S/C22H25NO4/c1-14-10-18-19(13-27-20(18)11-15(14)2)22(26)23-17(8-9-21(24)25)12-16-6-4-3-5-7-16/h3-7,10-11,17,19H,8-9,12-13H2,1-2H3,(H,23,26)(H,24,25). The highest BCUT2D eigenvalue weighted by molar-refractivity contribution is 5.86. The number of ether oxygens (including phenoxy) is 1. The highest BCUT2D eigenvalue weighted by Gasteiger charge is 2.32. The molecule has 27 heavy (non-hydrogen) atoms. The second kappa shape index (κ2) is 8.25. The third kappa shape index (κ3) is 4.67. The van der Waals surface area contributed by atoms with Gasteiger partial charge in [-0.1, -0.05) is 36.4 Å². The SMILES string of the molecule is Cc1cc2c(cc1C)C(C(=O)NC(CCC(=O)O)Cc1ccccc1)CO2. The summed E-state index contributed by atoms with van der Waals surface area (Å²) in [6.45, 7) is 4.36. The molecule has 3 rings (SSSR count). The Balaban J connectivity index is 1.73. The van der Waals surface area contributed by atoms with E-state index in [1.807, 2.05) is 56.3 Å². The quantitative estimate of drug-likeness (QED) is 0.787. The van der Waals surface area contributed by atoms with Gasteiger partial charge in [0.15, 0.2) is 0 Å². The van der Waals surface area contributed by atoms with Gasteiger partial charge >= 0.3 is 5.97 Å². The van der Waals surface area contributed by atoms with Gasteiger partial charge in [0.2, 0.25) is 5.91 Å². The van der Waals surface area contributed by atoms with Crippen LogP contribution in [0.25, 0.3) is 0 Å². The summed E-state index contributed by atoms with van der Waals surface area (Å²) in [4.78, 5) is 23.9. The molecule has 2 unspecified atom stereocenters. The molecule has 0 aromatic heterocycles. The summed E-state index contributed by atoms with van der Waals surface area (Å²) in [6.07, 6.45) is 1.02. The molecule has 5 heteroatoms. The van der Waals surface area contributed by atoms with Crippen LogP contribution in [0.1, 0.15) is 41.0 Å². The lowest BCUT2D eigenvalue weighted by atomic mass is 9.95. The van der Waals surface area contributed by atoms with E-state index in [0.717, 1.165) is 28.0 Å². The molecule has 0 aliphatic carbocycles. The molecule has 0 radical (unpaired) electrons. The number of carboxylic acid groups (broad SMARTS) is 1. The van der Waals surface area contributed by atoms with E-state index in [2.05, 4.69) is 5.32 Å². The van der Waals surface area contributed by atoms with Crippen LogP contribution in [0, 0.1) is 13.8 Å². The first kappa shape index (κ1) is 19.0. The monoisotopic (exact) mass is 367 g/mol. The van der Waals surface area contributed by atoms with Crippen LogP contribution in [-0.2, 0) is 16.0 Å². The van der Waals surface area contributed by atoms with Crippen molar-refractivity contribution < 1.29 is 19.4 Å². The number of rotatable bonds is 7. The predicted octanol–water partition coefficient (Wildman–Crippen LogP) is 3.37. The number of carboxylic acids is 1. The lowest BCUT2D eigenvalue weighted by Gasteiger charge is -2.20. The summed E-state index contributed by atoms with van der Waals surface area (Å²) >= 11 is 0. The molecule has 1 heterocycles. The van der Waals surface area contributed by atoms with Crippen LogP contribution in [0.15, 0.2) is 42.5 Å². The zero-order valence-corrected chi connectivity index (χ0v) is 15.7. The fourth-order valence-corrected chi connectivity index (χ4v) is 3.41. The average Bonchev–Trinajstić information content (AvgIpc) is 3.03. The number of fused-ring (bicyclic) bond motifs is 1. The number of hydrogen-bond donors (Lipinski definition) is 2. The highest BCUT2D eigenvalue weighted by Crippen LogP contribution is 2.36. The summed E-state index contributed by atoms with van der Waals surface area (Å²) in [5.74, 6) is -0.558. The first-order valence-electron chi connectivity index (χ1n) is 9.24. The molecule has 2 atom stereocenters. The van der Waals surface area contributed by atoms with E-state index in [9.17, 15) is 9.59 Å². The van der Waals surface area contributed by atoms with Crippen molar-refractivity contribution in [1.82, 2.24) is 5.32 Å². The number of carbonyl (C=O) groups is 2. The van der Waals surface area contributed by atoms with Crippen molar-refractivity contribution >= 4 is 11.9 Å². The first-order chi connectivity index (χ1) is 12.9. The molecule has 2 aromatic carbocycles. The smallest absolute Gasteiger partial charge is 0.303 e. The Hall–Kier alpha value is -2.82. The lowest BCUT2D eigenvalue weighted by Crippen LogP contribution is -2.40. The van der Waals surface area contributed by atoms with Crippen molar-refractivity contribution in [3.8, 4) is 5.75 Å². The van der Waals surface area contributed by atoms with E-state index >= 15 is 0 Å². The van der Waals surface area contributed by atoms with E-state index < -0.39 is 5.97 Å². The minimum Gasteiger partial charge on any atom is -0.492 e. The van der Waals surface area contributed by atoms with Gasteiger partial charge in [-0.15, -0.1) is 0 Å². The van der Waals surface area contributed by atoms with Gasteiger partial charge in [-0.25, -0.2) is 0 Å². The van der Waals surface area contributed by atoms with E-state index in [-0.39, 0.29) is 24.3 Å². The van der Waals surface area contributed by atoms with Gasteiger partial charge in [-0.3, -0.25) is 9.59 Å². The first-order valence-corrected chi connectivity index (χ1v) is 9.24. The molecule has 0 saturated heterocycles. The molecular weight excluding hydrogens is 342 g/mol. The highest BCUT2D eigenvalue weighted by atomic mass is 16.5. The van der Waals surface area contributed by atoms with Gasteiger partial charge in [-0.2, -0.15) is 0 Å². The molecule has 1 amide bonds. The third-order valence-corrected chi connectivity index (χ3v) is 5.10. The molecule has 1 aliphatic rings. The Morgan fingerprint density at radius 1 is 1.19 bits per heavy atom. The van der Waals surface area contributed by atoms with Crippen LogP contribution >= 0.6 is 0 Å². The van der Waals surface area contributed by atoms with Crippen LogP contribution in [0.5, 0.6) is 5.75 Å². The third-order valence-electron chi connectivity index (χ3n) is 5.10. The Labute approximate surface area is 159 Å². The summed E-state index contributed by atoms with van der Waals surface area (Å²) < 4.78 is 5.71. The summed E-state index contributed by atoms with van der Waals surface area (Å²) in [5, 5.41) is 12.1. The number of carbonyl (C=O) groups excluding carboxylic acids is 1. The maximum absolute atomic E-state index is 12.9. The fourth-order valence-electron chi connectivity index (χ4n) is 3.41. The van der Waals surface area contributed by atoms with E-state index in [4.69, 9.17) is 9.84 Å². The van der Waals surface area contributed by atoms with Gasteiger partial charge < -0.3 is 15.2 Å². The summed E-state index contributed by atoms with van der Waals surface area (Å²) in [7, 11) is 0. The molecule has 0 bridgehead atoms. The van der Waals surface area contributed by atoms with Crippen molar-refractivity contribution in [3.63, 3.8) is 0 Å². The Morgan fingerprint density at radius 2 is 1.89 bits per heavy atom. The zero-order chi connectivity index (χ0) is 19.4. The second-order valence-electron chi connectivity index (χ2n) is 7.17. The largest absolute Gasteiger partial charge is 0.492 e. The Bertz CT molecular complexity index is 832. The molecule has 0 spiro atoms. The normalized spacial score (nSPS) is 16.3. The van der Waals surface area contributed by atoms with Crippen molar-refractivity contribution in [3.05, 3.63) is 64.7 Å². The van der Waals surface area contributed by atoms with Gasteiger partial charge in [0.25, 0.3) is 0 Å². The van der Waals surface area contributed by atoms with E-state index in [0.29, 0.717) is 19.4 Å². The van der Waals surface area contributed by atoms with E-state index in [1.54, 1.807) is 0 Å². The molecular formula is C22H25NO4. The molecule has 5 nitrogen and oxygen atoms in total. The van der Waals surface area contributed by atoms with Crippen LogP contribution < -0.4 is 10.1 Å². The van der Waals surface area contributed by atoms with Crippen molar-refractivity contribution in [1.29, 1.82) is 0 Å². The summed E-state index contributed by atoms with van der Waals surface area (Å²) in [6, 6.07) is 13.6. The van der Waals surface area contributed by atoms with Crippen molar-refractivity contribution in [2.75, 3.05) is 6.61 Å². The van der Waals surface area contributed by atoms with Crippen LogP contribution in [0.2, 0.25) is 0 Å². The van der Waals surface area contributed by atoms with Crippen LogP contribution in [0.3, 0.4) is 0 Å². The lowest BCUT2D eigenvalue weighted by molar-refractivity contribution is -0.137. The van der Waals surface area contributed by atoms with Gasteiger partial charge in [0, 0.05) is 18.0 Å². The number of benzene rings is 2. The number of aryl methyl sites for hydroxylation is 2. The van der Waals surface area contributed by atoms with Gasteiger partial charge in [-0.05, 0) is 49.4 Å². The van der Waals surface area contributed by atoms with Crippen molar-refractivity contribution in [2.45, 2.75) is 45.1 Å². The Morgan fingerprint density at radius 3 is 2.59 bits per heavy atom. The molecule has 142 valence electrons. The van der Waals surface area contributed by atoms with Crippen LogP contribution in [-0.4, -0.2) is 29.6 Å². The molecule has 0 saturated carbocycles. The molecule has 1 aliphatic heterocycles. The van der Waals surface area contributed by atoms with Gasteiger partial charge in [0.05, 0.1) is 0 Å². The number of amides is 1. The topological polar surface area (TPSA) is 75.6 Å². The number of hydrogen-bond acceptors (Lipinski definition) is 3. The second-order valence-corrected chi connectivity index (χ2v) is 7.17. The molecule has 2 N–H and O–H groups in total. The molecule has 2 aromatic rings. The predicted molar refractivity (Wildman–Crippen MR) is 103 cm³/mol. The maximum Gasteiger partial charge on any atom is 0.303 e. The van der Waals surface area contributed by atoms with Crippen LogP contribution in [0.4, 0.5) is 0 Å².